The van der Waals surface area contributed by atoms with Crippen LogP contribution in [0.2, 0.25) is 0 Å². The molecule has 24 heavy (non-hydrogen) atoms. The van der Waals surface area contributed by atoms with Crippen molar-refractivity contribution >= 4 is 23.2 Å². The molecule has 2 N–H and O–H groups in total. The SMILES string of the molecule is COc1cccc(C(C)(CC(=O)O)NC(=O)CCc2ccsc2)c1. The molecule has 1 unspecified atom stereocenters. The third kappa shape index (κ3) is 4.83. The Balaban J connectivity index is 2.13. The maximum Gasteiger partial charge on any atom is 0.306 e. The van der Waals surface area contributed by atoms with Crippen molar-refractivity contribution in [1.29, 1.82) is 0 Å². The van der Waals surface area contributed by atoms with Gasteiger partial charge < -0.3 is 15.2 Å². The van der Waals surface area contributed by atoms with Gasteiger partial charge in [0, 0.05) is 6.42 Å². The van der Waals surface area contributed by atoms with E-state index < -0.39 is 11.5 Å². The molecular formula is C18H21NO4S. The number of thiophene rings is 1. The van der Waals surface area contributed by atoms with Crippen LogP contribution in [0.4, 0.5) is 0 Å². The Morgan fingerprint density at radius 3 is 2.75 bits per heavy atom. The van der Waals surface area contributed by atoms with E-state index in [1.165, 1.54) is 0 Å². The molecule has 0 fully saturated rings. The summed E-state index contributed by atoms with van der Waals surface area (Å²) in [6, 6.07) is 9.10. The lowest BCUT2D eigenvalue weighted by Crippen LogP contribution is -2.45. The molecule has 0 aliphatic heterocycles. The van der Waals surface area contributed by atoms with Crippen molar-refractivity contribution < 1.29 is 19.4 Å². The monoisotopic (exact) mass is 347 g/mol. The number of rotatable bonds is 8. The zero-order valence-corrected chi connectivity index (χ0v) is 14.6. The standard InChI is InChI=1S/C18H21NO4S/c1-18(11-17(21)22,14-4-3-5-15(10-14)23-2)19-16(20)7-6-13-8-9-24-12-13/h3-5,8-10,12H,6-7,11H2,1-2H3,(H,19,20)(H,21,22). The van der Waals surface area contributed by atoms with Gasteiger partial charge >= 0.3 is 5.97 Å². The van der Waals surface area contributed by atoms with Gasteiger partial charge in [-0.25, -0.2) is 0 Å². The number of aryl methyl sites for hydroxylation is 1. The van der Waals surface area contributed by atoms with E-state index in [1.54, 1.807) is 49.6 Å². The minimum absolute atomic E-state index is 0.173. The molecule has 2 aromatic rings. The first-order valence-corrected chi connectivity index (χ1v) is 8.55. The number of methoxy groups -OCH3 is 1. The van der Waals surface area contributed by atoms with Crippen LogP contribution in [0.1, 0.15) is 30.9 Å². The highest BCUT2D eigenvalue weighted by Crippen LogP contribution is 2.28. The highest BCUT2D eigenvalue weighted by Gasteiger charge is 2.31. The van der Waals surface area contributed by atoms with Gasteiger partial charge in [-0.05, 0) is 53.4 Å². The van der Waals surface area contributed by atoms with E-state index in [4.69, 9.17) is 4.74 Å². The van der Waals surface area contributed by atoms with Crippen molar-refractivity contribution in [1.82, 2.24) is 5.32 Å². The Labute approximate surface area is 145 Å². The molecule has 1 heterocycles. The Kier molecular flexibility index (Phi) is 5.98. The number of carboxylic acids is 1. The first-order valence-electron chi connectivity index (χ1n) is 7.61. The van der Waals surface area contributed by atoms with Crippen LogP contribution < -0.4 is 10.1 Å². The first kappa shape index (κ1) is 18.0. The molecule has 1 aromatic heterocycles. The maximum atomic E-state index is 12.3. The molecule has 1 amide bonds. The number of hydrogen-bond donors (Lipinski definition) is 2. The normalized spacial score (nSPS) is 13.1. The fourth-order valence-corrected chi connectivity index (χ4v) is 3.25. The summed E-state index contributed by atoms with van der Waals surface area (Å²) < 4.78 is 5.20. The average Bonchev–Trinajstić information content (AvgIpc) is 3.05. The van der Waals surface area contributed by atoms with E-state index in [0.717, 1.165) is 5.56 Å². The molecule has 1 atom stereocenters. The van der Waals surface area contributed by atoms with Gasteiger partial charge in [-0.3, -0.25) is 9.59 Å². The lowest BCUT2D eigenvalue weighted by molar-refractivity contribution is -0.139. The fourth-order valence-electron chi connectivity index (χ4n) is 2.55. The molecule has 1 aromatic carbocycles. The summed E-state index contributed by atoms with van der Waals surface area (Å²) in [5.41, 5.74) is 0.816. The number of aliphatic carboxylic acids is 1. The lowest BCUT2D eigenvalue weighted by Gasteiger charge is -2.30. The molecule has 0 aliphatic rings. The van der Waals surface area contributed by atoms with Crippen LogP contribution in [-0.4, -0.2) is 24.1 Å². The van der Waals surface area contributed by atoms with Crippen LogP contribution in [0.15, 0.2) is 41.1 Å². The summed E-state index contributed by atoms with van der Waals surface area (Å²) >= 11 is 1.59. The Morgan fingerprint density at radius 1 is 1.33 bits per heavy atom. The Hall–Kier alpha value is -2.34. The average molecular weight is 347 g/mol. The number of amides is 1. The number of hydrogen-bond acceptors (Lipinski definition) is 4. The van der Waals surface area contributed by atoms with Crippen molar-refractivity contribution in [2.24, 2.45) is 0 Å². The van der Waals surface area contributed by atoms with Crippen molar-refractivity contribution in [3.05, 3.63) is 52.2 Å². The van der Waals surface area contributed by atoms with Gasteiger partial charge in [0.25, 0.3) is 0 Å². The van der Waals surface area contributed by atoms with E-state index in [-0.39, 0.29) is 12.3 Å². The summed E-state index contributed by atoms with van der Waals surface area (Å²) in [5.74, 6) is -0.525. The maximum absolute atomic E-state index is 12.3. The molecule has 0 spiro atoms. The molecular weight excluding hydrogens is 326 g/mol. The van der Waals surface area contributed by atoms with Crippen molar-refractivity contribution in [2.75, 3.05) is 7.11 Å². The molecule has 128 valence electrons. The largest absolute Gasteiger partial charge is 0.497 e. The first-order chi connectivity index (χ1) is 11.4. The molecule has 0 saturated heterocycles. The Morgan fingerprint density at radius 2 is 2.12 bits per heavy atom. The van der Waals surface area contributed by atoms with E-state index in [0.29, 0.717) is 24.2 Å². The quantitative estimate of drug-likeness (QED) is 0.769. The van der Waals surface area contributed by atoms with Crippen LogP contribution in [-0.2, 0) is 21.5 Å². The second-order valence-corrected chi connectivity index (χ2v) is 6.59. The Bertz CT molecular complexity index is 699. The minimum Gasteiger partial charge on any atom is -0.497 e. The van der Waals surface area contributed by atoms with Crippen LogP contribution in [0.25, 0.3) is 0 Å². The zero-order chi connectivity index (χ0) is 17.6. The fraction of sp³-hybridized carbons (Fsp3) is 0.333. The molecule has 0 saturated carbocycles. The summed E-state index contributed by atoms with van der Waals surface area (Å²) in [4.78, 5) is 23.6. The predicted molar refractivity (Wildman–Crippen MR) is 93.4 cm³/mol. The molecule has 5 nitrogen and oxygen atoms in total. The van der Waals surface area contributed by atoms with E-state index in [2.05, 4.69) is 5.32 Å². The van der Waals surface area contributed by atoms with E-state index in [1.807, 2.05) is 16.8 Å². The third-order valence-electron chi connectivity index (χ3n) is 3.85. The van der Waals surface area contributed by atoms with Crippen LogP contribution in [0.3, 0.4) is 0 Å². The van der Waals surface area contributed by atoms with E-state index >= 15 is 0 Å². The van der Waals surface area contributed by atoms with Gasteiger partial charge in [0.2, 0.25) is 5.91 Å². The second kappa shape index (κ2) is 7.97. The second-order valence-electron chi connectivity index (χ2n) is 5.81. The number of ether oxygens (including phenoxy) is 1. The molecule has 2 rings (SSSR count). The smallest absolute Gasteiger partial charge is 0.306 e. The van der Waals surface area contributed by atoms with Crippen molar-refractivity contribution in [3.8, 4) is 5.75 Å². The number of nitrogens with one attached hydrogen (secondary N) is 1. The van der Waals surface area contributed by atoms with Crippen molar-refractivity contribution in [3.63, 3.8) is 0 Å². The van der Waals surface area contributed by atoms with Crippen LogP contribution >= 0.6 is 11.3 Å². The van der Waals surface area contributed by atoms with Gasteiger partial charge in [-0.1, -0.05) is 12.1 Å². The van der Waals surface area contributed by atoms with Gasteiger partial charge in [-0.2, -0.15) is 11.3 Å². The zero-order valence-electron chi connectivity index (χ0n) is 13.7. The molecule has 0 bridgehead atoms. The predicted octanol–water partition coefficient (Wildman–Crippen LogP) is 3.20. The number of carboxylic acid groups (broad SMARTS) is 1. The number of carbonyl (C=O) groups excluding carboxylic acids is 1. The van der Waals surface area contributed by atoms with E-state index in [9.17, 15) is 14.7 Å². The van der Waals surface area contributed by atoms with Gasteiger partial charge in [-0.15, -0.1) is 0 Å². The number of carbonyl (C=O) groups is 2. The highest BCUT2D eigenvalue weighted by molar-refractivity contribution is 7.07. The summed E-state index contributed by atoms with van der Waals surface area (Å²) in [6.45, 7) is 1.72. The van der Waals surface area contributed by atoms with Gasteiger partial charge in [0.05, 0.1) is 19.1 Å². The number of benzene rings is 1. The molecule has 0 radical (unpaired) electrons. The lowest BCUT2D eigenvalue weighted by atomic mass is 9.88. The van der Waals surface area contributed by atoms with Crippen LogP contribution in [0, 0.1) is 0 Å². The topological polar surface area (TPSA) is 75.6 Å². The van der Waals surface area contributed by atoms with Gasteiger partial charge in [0.1, 0.15) is 5.75 Å². The van der Waals surface area contributed by atoms with Crippen molar-refractivity contribution in [2.45, 2.75) is 31.7 Å². The molecule has 6 heteroatoms. The molecule has 0 aliphatic carbocycles. The summed E-state index contributed by atoms with van der Waals surface area (Å²) in [5, 5.41) is 16.1. The van der Waals surface area contributed by atoms with Crippen LogP contribution in [0.5, 0.6) is 5.75 Å². The van der Waals surface area contributed by atoms with Gasteiger partial charge in [0.15, 0.2) is 0 Å². The summed E-state index contributed by atoms with van der Waals surface area (Å²) in [7, 11) is 1.55. The summed E-state index contributed by atoms with van der Waals surface area (Å²) in [6.07, 6.45) is 0.747. The highest BCUT2D eigenvalue weighted by atomic mass is 32.1. The minimum atomic E-state index is -0.994. The third-order valence-corrected chi connectivity index (χ3v) is 4.58.